The molecule has 2 nitrogen and oxygen atoms in total. The van der Waals surface area contributed by atoms with Gasteiger partial charge in [0.25, 0.3) is 0 Å². The van der Waals surface area contributed by atoms with Gasteiger partial charge in [-0.25, -0.2) is 4.99 Å². The van der Waals surface area contributed by atoms with Crippen LogP contribution >= 0.6 is 0 Å². The van der Waals surface area contributed by atoms with E-state index in [1.807, 2.05) is 24.3 Å². The van der Waals surface area contributed by atoms with E-state index in [1.165, 1.54) is 0 Å². The molecular formula is C17H21NO. The normalized spacial score (nSPS) is 23.2. The highest BCUT2D eigenvalue weighted by atomic mass is 16.5. The summed E-state index contributed by atoms with van der Waals surface area (Å²) in [5.74, 6) is 0.806. The highest BCUT2D eigenvalue weighted by Crippen LogP contribution is 2.27. The number of aliphatic imine (C=N–C) groups is 1. The Bertz CT molecular complexity index is 494. The van der Waals surface area contributed by atoms with Gasteiger partial charge < -0.3 is 4.74 Å². The molecule has 0 radical (unpaired) electrons. The lowest BCUT2D eigenvalue weighted by Gasteiger charge is -2.19. The van der Waals surface area contributed by atoms with Gasteiger partial charge in [0.1, 0.15) is 12.1 Å². The minimum atomic E-state index is -0.0589. The maximum Gasteiger partial charge on any atom is 0.190 e. The third-order valence-corrected chi connectivity index (χ3v) is 3.01. The Labute approximate surface area is 115 Å². The van der Waals surface area contributed by atoms with E-state index in [0.717, 1.165) is 11.5 Å². The van der Waals surface area contributed by atoms with Crippen molar-refractivity contribution >= 4 is 12.0 Å². The van der Waals surface area contributed by atoms with Crippen molar-refractivity contribution < 1.29 is 4.74 Å². The molecule has 0 saturated carbocycles. The maximum atomic E-state index is 5.94. The van der Waals surface area contributed by atoms with Crippen molar-refractivity contribution in [3.63, 3.8) is 0 Å². The molecule has 0 amide bonds. The molecule has 0 aromatic heterocycles. The number of nitrogens with zero attached hydrogens (tertiary/aromatic N) is 1. The maximum absolute atomic E-state index is 5.94. The molecule has 2 heteroatoms. The largest absolute Gasteiger partial charge is 0.470 e. The van der Waals surface area contributed by atoms with Crippen molar-refractivity contribution in [2.24, 2.45) is 10.4 Å². The van der Waals surface area contributed by atoms with Gasteiger partial charge in [0.05, 0.1) is 0 Å². The van der Waals surface area contributed by atoms with Crippen LogP contribution in [-0.4, -0.2) is 18.0 Å². The van der Waals surface area contributed by atoms with Crippen LogP contribution in [0.4, 0.5) is 0 Å². The summed E-state index contributed by atoms with van der Waals surface area (Å²) in [5.41, 5.74) is 1.11. The van der Waals surface area contributed by atoms with Crippen molar-refractivity contribution in [2.75, 3.05) is 0 Å². The number of hydrogen-bond donors (Lipinski definition) is 0. The second-order valence-corrected chi connectivity index (χ2v) is 5.76. The second-order valence-electron chi connectivity index (χ2n) is 5.76. The summed E-state index contributed by atoms with van der Waals surface area (Å²) in [6.45, 7) is 10.2. The smallest absolute Gasteiger partial charge is 0.190 e. The molecule has 2 atom stereocenters. The average Bonchev–Trinajstić information content (AvgIpc) is 2.81. The molecule has 1 heterocycles. The molecule has 2 rings (SSSR count). The molecule has 1 aromatic carbocycles. The first-order valence-corrected chi connectivity index (χ1v) is 6.61. The third-order valence-electron chi connectivity index (χ3n) is 3.01. The predicted octanol–water partition coefficient (Wildman–Crippen LogP) is 4.10. The Kier molecular flexibility index (Phi) is 3.89. The Balaban J connectivity index is 2.11. The molecule has 0 N–H and O–H groups in total. The van der Waals surface area contributed by atoms with Crippen molar-refractivity contribution in [3.05, 3.63) is 54.6 Å². The molecule has 0 fully saturated rings. The van der Waals surface area contributed by atoms with Crippen LogP contribution in [0.3, 0.4) is 0 Å². The lowest BCUT2D eigenvalue weighted by atomic mass is 9.97. The van der Waals surface area contributed by atoms with Crippen molar-refractivity contribution in [1.82, 2.24) is 0 Å². The van der Waals surface area contributed by atoms with Crippen LogP contribution in [0, 0.1) is 5.41 Å². The van der Waals surface area contributed by atoms with Gasteiger partial charge >= 0.3 is 0 Å². The standard InChI is InChI=1S/C17H21NO/c1-5-14-15(19-16(18-14)17(2,3)4)12-11-13-9-7-6-8-10-13/h5-12,14-15H,1H2,2-4H3/b12-11+. The molecule has 0 bridgehead atoms. The van der Waals surface area contributed by atoms with Crippen LogP contribution in [0.15, 0.2) is 54.1 Å². The number of benzene rings is 1. The lowest BCUT2D eigenvalue weighted by molar-refractivity contribution is 0.229. The van der Waals surface area contributed by atoms with E-state index in [-0.39, 0.29) is 17.6 Å². The zero-order chi connectivity index (χ0) is 13.9. The summed E-state index contributed by atoms with van der Waals surface area (Å²) in [6.07, 6.45) is 5.93. The monoisotopic (exact) mass is 255 g/mol. The molecular weight excluding hydrogens is 234 g/mol. The van der Waals surface area contributed by atoms with E-state index in [0.29, 0.717) is 0 Å². The van der Waals surface area contributed by atoms with Gasteiger partial charge in [-0.05, 0) is 11.6 Å². The minimum absolute atomic E-state index is 0.00851. The topological polar surface area (TPSA) is 21.6 Å². The van der Waals surface area contributed by atoms with Crippen LogP contribution in [-0.2, 0) is 4.74 Å². The zero-order valence-electron chi connectivity index (χ0n) is 11.8. The second kappa shape index (κ2) is 5.43. The van der Waals surface area contributed by atoms with Crippen LogP contribution in [0.2, 0.25) is 0 Å². The fourth-order valence-electron chi connectivity index (χ4n) is 1.92. The zero-order valence-corrected chi connectivity index (χ0v) is 11.8. The quantitative estimate of drug-likeness (QED) is 0.745. The van der Waals surface area contributed by atoms with E-state index in [9.17, 15) is 0 Å². The van der Waals surface area contributed by atoms with Gasteiger partial charge in [0.15, 0.2) is 5.90 Å². The molecule has 2 unspecified atom stereocenters. The number of ether oxygens (including phenoxy) is 1. The summed E-state index contributed by atoms with van der Waals surface area (Å²) in [7, 11) is 0. The SMILES string of the molecule is C=CC1N=C(C(C)(C)C)OC1/C=C/c1ccccc1. The van der Waals surface area contributed by atoms with E-state index >= 15 is 0 Å². The van der Waals surface area contributed by atoms with Gasteiger partial charge in [-0.15, -0.1) is 6.58 Å². The first-order chi connectivity index (χ1) is 9.00. The Morgan fingerprint density at radius 2 is 1.89 bits per heavy atom. The Hall–Kier alpha value is -1.83. The molecule has 0 aliphatic carbocycles. The summed E-state index contributed by atoms with van der Waals surface area (Å²) in [4.78, 5) is 4.60. The van der Waals surface area contributed by atoms with E-state index < -0.39 is 0 Å². The molecule has 19 heavy (non-hydrogen) atoms. The summed E-state index contributed by atoms with van der Waals surface area (Å²) < 4.78 is 5.94. The lowest BCUT2D eigenvalue weighted by Crippen LogP contribution is -2.23. The Morgan fingerprint density at radius 3 is 2.47 bits per heavy atom. The van der Waals surface area contributed by atoms with Gasteiger partial charge in [0.2, 0.25) is 0 Å². The molecule has 1 aliphatic heterocycles. The third kappa shape index (κ3) is 3.34. The highest BCUT2D eigenvalue weighted by Gasteiger charge is 2.33. The van der Waals surface area contributed by atoms with Crippen LogP contribution in [0.25, 0.3) is 6.08 Å². The summed E-state index contributed by atoms with van der Waals surface area (Å²) in [5, 5.41) is 0. The highest BCUT2D eigenvalue weighted by molar-refractivity contribution is 5.83. The minimum Gasteiger partial charge on any atom is -0.470 e. The average molecular weight is 255 g/mol. The van der Waals surface area contributed by atoms with E-state index in [2.05, 4.69) is 56.6 Å². The van der Waals surface area contributed by atoms with Gasteiger partial charge in [0, 0.05) is 5.41 Å². The fourth-order valence-corrected chi connectivity index (χ4v) is 1.92. The molecule has 0 spiro atoms. The summed E-state index contributed by atoms with van der Waals surface area (Å²) >= 11 is 0. The van der Waals surface area contributed by atoms with Crippen LogP contribution in [0.1, 0.15) is 26.3 Å². The summed E-state index contributed by atoms with van der Waals surface area (Å²) in [6, 6.07) is 10.2. The molecule has 1 aliphatic rings. The number of rotatable bonds is 3. The van der Waals surface area contributed by atoms with Gasteiger partial charge in [-0.1, -0.05) is 63.3 Å². The van der Waals surface area contributed by atoms with E-state index in [4.69, 9.17) is 4.74 Å². The van der Waals surface area contributed by atoms with Crippen LogP contribution in [0.5, 0.6) is 0 Å². The molecule has 100 valence electrons. The van der Waals surface area contributed by atoms with Crippen molar-refractivity contribution in [1.29, 1.82) is 0 Å². The predicted molar refractivity (Wildman–Crippen MR) is 81.2 cm³/mol. The first-order valence-electron chi connectivity index (χ1n) is 6.61. The van der Waals surface area contributed by atoms with Crippen molar-refractivity contribution in [2.45, 2.75) is 32.9 Å². The molecule has 1 aromatic rings. The fraction of sp³-hybridized carbons (Fsp3) is 0.353. The van der Waals surface area contributed by atoms with E-state index in [1.54, 1.807) is 0 Å². The number of hydrogen-bond acceptors (Lipinski definition) is 2. The van der Waals surface area contributed by atoms with Crippen molar-refractivity contribution in [3.8, 4) is 0 Å². The first kappa shape index (κ1) is 13.6. The van der Waals surface area contributed by atoms with Crippen LogP contribution < -0.4 is 0 Å². The van der Waals surface area contributed by atoms with Gasteiger partial charge in [-0.2, -0.15) is 0 Å². The Morgan fingerprint density at radius 1 is 1.21 bits per heavy atom. The van der Waals surface area contributed by atoms with Gasteiger partial charge in [-0.3, -0.25) is 0 Å². The molecule has 0 saturated heterocycles.